The number of aryl methyl sites for hydroxylation is 1. The second-order valence-corrected chi connectivity index (χ2v) is 4.28. The van der Waals surface area contributed by atoms with Crippen LogP contribution in [0.1, 0.15) is 23.6 Å². The van der Waals surface area contributed by atoms with Gasteiger partial charge in [0.15, 0.2) is 0 Å². The molecule has 1 aliphatic carbocycles. The highest BCUT2D eigenvalue weighted by Crippen LogP contribution is 2.46. The number of benzene rings is 1. The van der Waals surface area contributed by atoms with E-state index in [0.717, 1.165) is 11.1 Å². The number of carbonyl (C=O) groups is 1. The molecule has 1 saturated carbocycles. The molecule has 0 aliphatic heterocycles. The Labute approximate surface area is 88.9 Å². The van der Waals surface area contributed by atoms with E-state index in [-0.39, 0.29) is 17.9 Å². The standard InChI is InChI=1S/C12H15NO2/c1-7-3-2-4-8(5-7)11(13)9-6-10(9)12(14)15/h2-5,9-11H,6,13H2,1H3,(H,14,15). The molecular formula is C12H15NO2. The Kier molecular flexibility index (Phi) is 2.49. The molecule has 1 fully saturated rings. The SMILES string of the molecule is Cc1cccc(C(N)C2CC2C(=O)O)c1. The van der Waals surface area contributed by atoms with Crippen LogP contribution < -0.4 is 5.73 Å². The molecule has 0 heterocycles. The Hall–Kier alpha value is -1.35. The average molecular weight is 205 g/mol. The minimum absolute atomic E-state index is 0.115. The maximum atomic E-state index is 10.7. The summed E-state index contributed by atoms with van der Waals surface area (Å²) in [7, 11) is 0. The highest BCUT2D eigenvalue weighted by molar-refractivity contribution is 5.73. The second-order valence-electron chi connectivity index (χ2n) is 4.28. The van der Waals surface area contributed by atoms with E-state index in [1.165, 1.54) is 0 Å². The first-order valence-electron chi connectivity index (χ1n) is 5.14. The third-order valence-electron chi connectivity index (χ3n) is 3.05. The van der Waals surface area contributed by atoms with Crippen molar-refractivity contribution in [1.29, 1.82) is 0 Å². The first kappa shape index (κ1) is 10.2. The number of nitrogens with two attached hydrogens (primary N) is 1. The maximum Gasteiger partial charge on any atom is 0.306 e. The molecule has 80 valence electrons. The molecule has 1 aromatic rings. The van der Waals surface area contributed by atoms with Crippen molar-refractivity contribution in [2.24, 2.45) is 17.6 Å². The molecule has 0 saturated heterocycles. The van der Waals surface area contributed by atoms with Gasteiger partial charge in [-0.15, -0.1) is 0 Å². The number of hydrogen-bond acceptors (Lipinski definition) is 2. The van der Waals surface area contributed by atoms with Crippen LogP contribution in [0.5, 0.6) is 0 Å². The normalized spacial score (nSPS) is 26.0. The Morgan fingerprint density at radius 3 is 2.87 bits per heavy atom. The molecule has 3 heteroatoms. The van der Waals surface area contributed by atoms with E-state index in [1.807, 2.05) is 31.2 Å². The van der Waals surface area contributed by atoms with Gasteiger partial charge in [0.1, 0.15) is 0 Å². The van der Waals surface area contributed by atoms with E-state index >= 15 is 0 Å². The van der Waals surface area contributed by atoms with E-state index in [9.17, 15) is 4.79 Å². The van der Waals surface area contributed by atoms with E-state index < -0.39 is 5.97 Å². The number of rotatable bonds is 3. The number of carboxylic acids is 1. The molecule has 15 heavy (non-hydrogen) atoms. The summed E-state index contributed by atoms with van der Waals surface area (Å²) >= 11 is 0. The Morgan fingerprint density at radius 1 is 1.60 bits per heavy atom. The average Bonchev–Trinajstić information content (AvgIpc) is 2.96. The van der Waals surface area contributed by atoms with Gasteiger partial charge in [0.25, 0.3) is 0 Å². The fourth-order valence-electron chi connectivity index (χ4n) is 2.02. The molecule has 0 spiro atoms. The summed E-state index contributed by atoms with van der Waals surface area (Å²) in [5.41, 5.74) is 8.24. The van der Waals surface area contributed by atoms with Gasteiger partial charge in [-0.25, -0.2) is 0 Å². The van der Waals surface area contributed by atoms with Crippen LogP contribution in [0, 0.1) is 18.8 Å². The van der Waals surface area contributed by atoms with Crippen molar-refractivity contribution in [3.05, 3.63) is 35.4 Å². The third kappa shape index (κ3) is 2.02. The van der Waals surface area contributed by atoms with Crippen LogP contribution in [0.4, 0.5) is 0 Å². The first-order valence-corrected chi connectivity index (χ1v) is 5.14. The fraction of sp³-hybridized carbons (Fsp3) is 0.417. The van der Waals surface area contributed by atoms with Gasteiger partial charge >= 0.3 is 5.97 Å². The zero-order valence-electron chi connectivity index (χ0n) is 8.68. The van der Waals surface area contributed by atoms with Gasteiger partial charge in [-0.05, 0) is 24.8 Å². The molecule has 1 aliphatic rings. The minimum atomic E-state index is -0.719. The number of hydrogen-bond donors (Lipinski definition) is 2. The minimum Gasteiger partial charge on any atom is -0.481 e. The monoisotopic (exact) mass is 205 g/mol. The van der Waals surface area contributed by atoms with Crippen LogP contribution in [0.3, 0.4) is 0 Å². The zero-order valence-corrected chi connectivity index (χ0v) is 8.68. The molecule has 1 aromatic carbocycles. The van der Waals surface area contributed by atoms with Crippen LogP contribution in [0.25, 0.3) is 0 Å². The van der Waals surface area contributed by atoms with Crippen molar-refractivity contribution in [3.63, 3.8) is 0 Å². The topological polar surface area (TPSA) is 63.3 Å². The van der Waals surface area contributed by atoms with Crippen LogP contribution in [-0.4, -0.2) is 11.1 Å². The largest absolute Gasteiger partial charge is 0.481 e. The van der Waals surface area contributed by atoms with Crippen LogP contribution >= 0.6 is 0 Å². The van der Waals surface area contributed by atoms with Gasteiger partial charge in [0, 0.05) is 6.04 Å². The molecule has 0 amide bonds. The van der Waals surface area contributed by atoms with Gasteiger partial charge in [0.05, 0.1) is 5.92 Å². The highest BCUT2D eigenvalue weighted by Gasteiger charge is 2.47. The van der Waals surface area contributed by atoms with Crippen molar-refractivity contribution >= 4 is 5.97 Å². The second kappa shape index (κ2) is 3.66. The van der Waals surface area contributed by atoms with Gasteiger partial charge in [0.2, 0.25) is 0 Å². The lowest BCUT2D eigenvalue weighted by Crippen LogP contribution is -2.15. The molecule has 3 N–H and O–H groups in total. The summed E-state index contributed by atoms with van der Waals surface area (Å²) in [5, 5.41) is 8.82. The fourth-order valence-corrected chi connectivity index (χ4v) is 2.02. The van der Waals surface area contributed by atoms with E-state index in [2.05, 4.69) is 0 Å². The summed E-state index contributed by atoms with van der Waals surface area (Å²) in [6.07, 6.45) is 0.713. The molecule has 0 radical (unpaired) electrons. The number of aliphatic carboxylic acids is 1. The smallest absolute Gasteiger partial charge is 0.306 e. The van der Waals surface area contributed by atoms with Gasteiger partial charge < -0.3 is 10.8 Å². The van der Waals surface area contributed by atoms with Gasteiger partial charge in [-0.1, -0.05) is 29.8 Å². The predicted octanol–water partition coefficient (Wildman–Crippen LogP) is 1.72. The van der Waals surface area contributed by atoms with Crippen molar-refractivity contribution in [1.82, 2.24) is 0 Å². The Balaban J connectivity index is 2.10. The molecule has 2 rings (SSSR count). The summed E-state index contributed by atoms with van der Waals surface area (Å²) in [6, 6.07) is 7.84. The van der Waals surface area contributed by atoms with Crippen LogP contribution in [0.2, 0.25) is 0 Å². The summed E-state index contributed by atoms with van der Waals surface area (Å²) < 4.78 is 0. The van der Waals surface area contributed by atoms with Crippen molar-refractivity contribution in [2.45, 2.75) is 19.4 Å². The third-order valence-corrected chi connectivity index (χ3v) is 3.05. The van der Waals surface area contributed by atoms with Gasteiger partial charge in [-0.2, -0.15) is 0 Å². The Bertz CT molecular complexity index is 389. The van der Waals surface area contributed by atoms with Crippen molar-refractivity contribution in [3.8, 4) is 0 Å². The summed E-state index contributed by atoms with van der Waals surface area (Å²) in [5.74, 6) is -0.840. The first-order chi connectivity index (χ1) is 7.09. The zero-order chi connectivity index (χ0) is 11.0. The van der Waals surface area contributed by atoms with E-state index in [1.54, 1.807) is 0 Å². The lowest BCUT2D eigenvalue weighted by atomic mass is 10.0. The predicted molar refractivity (Wildman–Crippen MR) is 57.3 cm³/mol. The molecule has 0 bridgehead atoms. The van der Waals surface area contributed by atoms with Crippen molar-refractivity contribution < 1.29 is 9.90 Å². The van der Waals surface area contributed by atoms with Crippen LogP contribution in [-0.2, 0) is 4.79 Å². The van der Waals surface area contributed by atoms with Crippen molar-refractivity contribution in [2.75, 3.05) is 0 Å². The highest BCUT2D eigenvalue weighted by atomic mass is 16.4. The number of carboxylic acid groups (broad SMARTS) is 1. The quantitative estimate of drug-likeness (QED) is 0.789. The molecule has 0 aromatic heterocycles. The lowest BCUT2D eigenvalue weighted by Gasteiger charge is -2.11. The van der Waals surface area contributed by atoms with E-state index in [0.29, 0.717) is 6.42 Å². The maximum absolute atomic E-state index is 10.7. The Morgan fingerprint density at radius 2 is 2.33 bits per heavy atom. The molecular weight excluding hydrogens is 190 g/mol. The summed E-state index contributed by atoms with van der Waals surface area (Å²) in [4.78, 5) is 10.7. The van der Waals surface area contributed by atoms with Gasteiger partial charge in [-0.3, -0.25) is 4.79 Å². The van der Waals surface area contributed by atoms with Crippen LogP contribution in [0.15, 0.2) is 24.3 Å². The lowest BCUT2D eigenvalue weighted by molar-refractivity contribution is -0.138. The molecule has 3 nitrogen and oxygen atoms in total. The molecule has 3 atom stereocenters. The van der Waals surface area contributed by atoms with E-state index in [4.69, 9.17) is 10.8 Å². The summed E-state index contributed by atoms with van der Waals surface area (Å²) in [6.45, 7) is 2.01. The molecule has 3 unspecified atom stereocenters.